The molecule has 0 aliphatic rings. The number of fused-ring (bicyclic) bond motifs is 1. The molecule has 2 aromatic rings. The molecule has 0 saturated heterocycles. The van der Waals surface area contributed by atoms with E-state index >= 15 is 0 Å². The minimum Gasteiger partial charge on any atom is -0.395 e. The second-order valence-electron chi connectivity index (χ2n) is 5.30. The molecule has 1 aromatic heterocycles. The molecule has 1 heterocycles. The zero-order valence-electron chi connectivity index (χ0n) is 13.3. The highest BCUT2D eigenvalue weighted by Gasteiger charge is 2.23. The number of nitrogens with zero attached hydrogens (tertiary/aromatic N) is 3. The second kappa shape index (κ2) is 7.67. The number of carbonyl (C=O) groups is 1. The summed E-state index contributed by atoms with van der Waals surface area (Å²) in [5, 5.41) is 10.0. The standard InChI is InChI=1S/C16H23N3O2S/c1-4-19(9-10-20)12(2)16(21)18(3)11-15-17-13-7-5-6-8-14(13)22-15/h5-8,12,20H,4,9-11H2,1-3H3. The SMILES string of the molecule is CCN(CCO)C(C)C(=O)N(C)Cc1nc2ccccc2s1. The molecule has 1 aromatic carbocycles. The number of para-hydroxylation sites is 1. The maximum absolute atomic E-state index is 12.5. The average molecular weight is 321 g/mol. The predicted octanol–water partition coefficient (Wildman–Crippen LogP) is 1.96. The van der Waals surface area contributed by atoms with Crippen LogP contribution < -0.4 is 0 Å². The first kappa shape index (κ1) is 16.9. The molecular weight excluding hydrogens is 298 g/mol. The van der Waals surface area contributed by atoms with Crippen molar-refractivity contribution in [2.24, 2.45) is 0 Å². The highest BCUT2D eigenvalue weighted by Crippen LogP contribution is 2.22. The number of amides is 1. The lowest BCUT2D eigenvalue weighted by atomic mass is 10.2. The third kappa shape index (κ3) is 3.82. The fourth-order valence-electron chi connectivity index (χ4n) is 2.50. The third-order valence-electron chi connectivity index (χ3n) is 3.79. The van der Waals surface area contributed by atoms with Crippen LogP contribution in [0.2, 0.25) is 0 Å². The zero-order valence-corrected chi connectivity index (χ0v) is 14.1. The molecule has 5 nitrogen and oxygen atoms in total. The van der Waals surface area contributed by atoms with Crippen LogP contribution in [0.1, 0.15) is 18.9 Å². The number of benzene rings is 1. The number of carbonyl (C=O) groups excluding carboxylic acids is 1. The van der Waals surface area contributed by atoms with Crippen LogP contribution in [0.25, 0.3) is 10.2 Å². The first-order chi connectivity index (χ1) is 10.6. The van der Waals surface area contributed by atoms with E-state index in [2.05, 4.69) is 4.98 Å². The Bertz CT molecular complexity index is 596. The monoisotopic (exact) mass is 321 g/mol. The summed E-state index contributed by atoms with van der Waals surface area (Å²) >= 11 is 1.62. The minimum absolute atomic E-state index is 0.0505. The van der Waals surface area contributed by atoms with E-state index in [-0.39, 0.29) is 18.6 Å². The molecule has 0 bridgehead atoms. The summed E-state index contributed by atoms with van der Waals surface area (Å²) in [4.78, 5) is 20.8. The number of hydrogen-bond acceptors (Lipinski definition) is 5. The van der Waals surface area contributed by atoms with Gasteiger partial charge in [-0.05, 0) is 25.6 Å². The summed E-state index contributed by atoms with van der Waals surface area (Å²) in [6, 6.07) is 7.75. The summed E-state index contributed by atoms with van der Waals surface area (Å²) in [5.41, 5.74) is 0.979. The number of thiazole rings is 1. The molecule has 1 unspecified atom stereocenters. The van der Waals surface area contributed by atoms with Crippen LogP contribution in [0, 0.1) is 0 Å². The largest absolute Gasteiger partial charge is 0.395 e. The van der Waals surface area contributed by atoms with Crippen LogP contribution in [0.15, 0.2) is 24.3 Å². The van der Waals surface area contributed by atoms with Gasteiger partial charge in [0.2, 0.25) is 5.91 Å². The summed E-state index contributed by atoms with van der Waals surface area (Å²) in [7, 11) is 1.80. The van der Waals surface area contributed by atoms with Gasteiger partial charge in [-0.2, -0.15) is 0 Å². The maximum Gasteiger partial charge on any atom is 0.239 e. The number of rotatable bonds is 7. The molecule has 0 aliphatic carbocycles. The number of likely N-dealkylation sites (N-methyl/N-ethyl adjacent to an activating group) is 2. The lowest BCUT2D eigenvalue weighted by Crippen LogP contribution is -2.46. The summed E-state index contributed by atoms with van der Waals surface area (Å²) in [6.07, 6.45) is 0. The van der Waals surface area contributed by atoms with E-state index in [1.54, 1.807) is 23.3 Å². The van der Waals surface area contributed by atoms with Crippen molar-refractivity contribution in [1.82, 2.24) is 14.8 Å². The molecule has 1 amide bonds. The Morgan fingerprint density at radius 1 is 1.41 bits per heavy atom. The van der Waals surface area contributed by atoms with Crippen LogP contribution in [-0.2, 0) is 11.3 Å². The van der Waals surface area contributed by atoms with Crippen molar-refractivity contribution in [3.8, 4) is 0 Å². The fourth-order valence-corrected chi connectivity index (χ4v) is 3.52. The van der Waals surface area contributed by atoms with Gasteiger partial charge in [-0.1, -0.05) is 19.1 Å². The summed E-state index contributed by atoms with van der Waals surface area (Å²) in [6.45, 7) is 5.70. The lowest BCUT2D eigenvalue weighted by Gasteiger charge is -2.29. The fraction of sp³-hybridized carbons (Fsp3) is 0.500. The Morgan fingerprint density at radius 2 is 2.14 bits per heavy atom. The van der Waals surface area contributed by atoms with Crippen molar-refractivity contribution in [2.45, 2.75) is 26.4 Å². The smallest absolute Gasteiger partial charge is 0.239 e. The van der Waals surface area contributed by atoms with Gasteiger partial charge in [0.15, 0.2) is 0 Å². The summed E-state index contributed by atoms with van der Waals surface area (Å²) in [5.74, 6) is 0.0505. The van der Waals surface area contributed by atoms with E-state index in [9.17, 15) is 4.79 Å². The number of hydrogen-bond donors (Lipinski definition) is 1. The Morgan fingerprint density at radius 3 is 2.77 bits per heavy atom. The highest BCUT2D eigenvalue weighted by molar-refractivity contribution is 7.18. The molecule has 120 valence electrons. The Kier molecular flexibility index (Phi) is 5.88. The van der Waals surface area contributed by atoms with E-state index in [1.165, 1.54) is 0 Å². The molecule has 0 radical (unpaired) electrons. The van der Waals surface area contributed by atoms with Gasteiger partial charge in [-0.3, -0.25) is 9.69 Å². The molecule has 0 fully saturated rings. The van der Waals surface area contributed by atoms with E-state index < -0.39 is 0 Å². The number of aliphatic hydroxyl groups is 1. The molecule has 0 saturated carbocycles. The van der Waals surface area contributed by atoms with Gasteiger partial charge in [0.1, 0.15) is 5.01 Å². The lowest BCUT2D eigenvalue weighted by molar-refractivity contribution is -0.135. The Labute approximate surface area is 135 Å². The topological polar surface area (TPSA) is 56.7 Å². The van der Waals surface area contributed by atoms with Gasteiger partial charge in [0.25, 0.3) is 0 Å². The van der Waals surface area contributed by atoms with Crippen molar-refractivity contribution in [3.63, 3.8) is 0 Å². The van der Waals surface area contributed by atoms with Gasteiger partial charge in [-0.25, -0.2) is 4.98 Å². The Hall–Kier alpha value is -1.50. The third-order valence-corrected chi connectivity index (χ3v) is 4.81. The molecule has 1 N–H and O–H groups in total. The zero-order chi connectivity index (χ0) is 16.1. The maximum atomic E-state index is 12.5. The first-order valence-corrected chi connectivity index (χ1v) is 8.32. The Balaban J connectivity index is 2.04. The molecule has 0 spiro atoms. The van der Waals surface area contributed by atoms with E-state index in [0.717, 1.165) is 21.8 Å². The van der Waals surface area contributed by atoms with E-state index in [4.69, 9.17) is 5.11 Å². The molecule has 6 heteroatoms. The van der Waals surface area contributed by atoms with Crippen LogP contribution in [0.4, 0.5) is 0 Å². The number of aliphatic hydroxyl groups excluding tert-OH is 1. The second-order valence-corrected chi connectivity index (χ2v) is 6.41. The van der Waals surface area contributed by atoms with Crippen molar-refractivity contribution in [1.29, 1.82) is 0 Å². The van der Waals surface area contributed by atoms with Gasteiger partial charge < -0.3 is 10.0 Å². The van der Waals surface area contributed by atoms with Gasteiger partial charge in [0.05, 0.1) is 29.4 Å². The molecule has 22 heavy (non-hydrogen) atoms. The van der Waals surface area contributed by atoms with E-state index in [0.29, 0.717) is 13.1 Å². The van der Waals surface area contributed by atoms with Crippen LogP contribution in [0.3, 0.4) is 0 Å². The molecule has 0 aliphatic heterocycles. The van der Waals surface area contributed by atoms with Gasteiger partial charge >= 0.3 is 0 Å². The molecule has 1 atom stereocenters. The molecular formula is C16H23N3O2S. The highest BCUT2D eigenvalue weighted by atomic mass is 32.1. The van der Waals surface area contributed by atoms with Gasteiger partial charge in [-0.15, -0.1) is 11.3 Å². The van der Waals surface area contributed by atoms with Crippen LogP contribution in [-0.4, -0.2) is 58.6 Å². The first-order valence-electron chi connectivity index (χ1n) is 7.51. The van der Waals surface area contributed by atoms with Crippen molar-refractivity contribution < 1.29 is 9.90 Å². The summed E-state index contributed by atoms with van der Waals surface area (Å²) < 4.78 is 1.14. The van der Waals surface area contributed by atoms with Crippen LogP contribution in [0.5, 0.6) is 0 Å². The average Bonchev–Trinajstić information content (AvgIpc) is 2.93. The predicted molar refractivity (Wildman–Crippen MR) is 89.9 cm³/mol. The van der Waals surface area contributed by atoms with Crippen molar-refractivity contribution in [3.05, 3.63) is 29.3 Å². The van der Waals surface area contributed by atoms with Gasteiger partial charge in [0, 0.05) is 13.6 Å². The van der Waals surface area contributed by atoms with Crippen molar-refractivity contribution >= 4 is 27.5 Å². The van der Waals surface area contributed by atoms with Crippen LogP contribution >= 0.6 is 11.3 Å². The van der Waals surface area contributed by atoms with E-state index in [1.807, 2.05) is 43.0 Å². The number of aromatic nitrogens is 1. The normalized spacial score (nSPS) is 12.8. The molecule has 2 rings (SSSR count). The minimum atomic E-state index is -0.239. The van der Waals surface area contributed by atoms with Crippen molar-refractivity contribution in [2.75, 3.05) is 26.7 Å². The quantitative estimate of drug-likeness (QED) is 0.847.